The Morgan fingerprint density at radius 1 is 1.03 bits per heavy atom. The molecular weight excluding hydrogens is 384 g/mol. The van der Waals surface area contributed by atoms with E-state index in [1.165, 1.54) is 23.0 Å². The van der Waals surface area contributed by atoms with Crippen LogP contribution in [0.1, 0.15) is 10.5 Å². The minimum Gasteiger partial charge on any atom is -0.492 e. The molecule has 9 heteroatoms. The van der Waals surface area contributed by atoms with E-state index < -0.39 is 5.91 Å². The van der Waals surface area contributed by atoms with Gasteiger partial charge >= 0.3 is 0 Å². The van der Waals surface area contributed by atoms with E-state index in [2.05, 4.69) is 25.4 Å². The third-order valence-electron chi connectivity index (χ3n) is 4.15. The lowest BCUT2D eigenvalue weighted by molar-refractivity contribution is 0.101. The maximum Gasteiger partial charge on any atom is 0.277 e. The van der Waals surface area contributed by atoms with Crippen LogP contribution in [0.25, 0.3) is 11.5 Å². The molecule has 4 aromatic rings. The number of aromatic amines is 1. The minimum absolute atomic E-state index is 0.100. The first-order chi connectivity index (χ1) is 14.7. The molecule has 0 atom stereocenters. The summed E-state index contributed by atoms with van der Waals surface area (Å²) < 4.78 is 6.78. The van der Waals surface area contributed by atoms with Crippen LogP contribution in [0.3, 0.4) is 0 Å². The summed E-state index contributed by atoms with van der Waals surface area (Å²) in [5.41, 5.74) is 0.438. The first-order valence-corrected chi connectivity index (χ1v) is 9.23. The number of benzene rings is 1. The van der Waals surface area contributed by atoms with Gasteiger partial charge in [0, 0.05) is 12.3 Å². The predicted octanol–water partition coefficient (Wildman–Crippen LogP) is 2.36. The van der Waals surface area contributed by atoms with Crippen molar-refractivity contribution in [1.82, 2.24) is 24.7 Å². The molecule has 1 aromatic carbocycles. The summed E-state index contributed by atoms with van der Waals surface area (Å²) in [7, 11) is 0. The van der Waals surface area contributed by atoms with Gasteiger partial charge in [0.05, 0.1) is 12.7 Å². The van der Waals surface area contributed by atoms with E-state index in [9.17, 15) is 9.59 Å². The van der Waals surface area contributed by atoms with Gasteiger partial charge < -0.3 is 15.0 Å². The number of anilines is 1. The van der Waals surface area contributed by atoms with Crippen LogP contribution in [0.4, 0.5) is 5.82 Å². The van der Waals surface area contributed by atoms with Crippen LogP contribution in [0.2, 0.25) is 0 Å². The van der Waals surface area contributed by atoms with Crippen LogP contribution in [0.15, 0.2) is 77.9 Å². The van der Waals surface area contributed by atoms with Crippen LogP contribution in [0.5, 0.6) is 5.75 Å². The number of aromatic nitrogens is 5. The van der Waals surface area contributed by atoms with Gasteiger partial charge in [0.15, 0.2) is 5.82 Å². The van der Waals surface area contributed by atoms with Crippen molar-refractivity contribution in [3.63, 3.8) is 0 Å². The highest BCUT2D eigenvalue weighted by Gasteiger charge is 2.12. The number of carbonyl (C=O) groups is 1. The molecule has 0 unspecified atom stereocenters. The molecule has 0 fully saturated rings. The normalized spacial score (nSPS) is 10.5. The summed E-state index contributed by atoms with van der Waals surface area (Å²) in [6.07, 6.45) is 3.15. The number of nitrogens with one attached hydrogen (secondary N) is 2. The van der Waals surface area contributed by atoms with Crippen molar-refractivity contribution in [2.75, 3.05) is 11.9 Å². The Morgan fingerprint density at radius 3 is 2.67 bits per heavy atom. The fourth-order valence-electron chi connectivity index (χ4n) is 2.70. The fourth-order valence-corrected chi connectivity index (χ4v) is 2.70. The van der Waals surface area contributed by atoms with E-state index in [-0.39, 0.29) is 24.4 Å². The molecule has 0 spiro atoms. The second kappa shape index (κ2) is 8.82. The highest BCUT2D eigenvalue weighted by Crippen LogP contribution is 2.14. The van der Waals surface area contributed by atoms with E-state index in [1.54, 1.807) is 18.3 Å². The van der Waals surface area contributed by atoms with E-state index in [1.807, 2.05) is 36.4 Å². The minimum atomic E-state index is -0.469. The molecule has 9 nitrogen and oxygen atoms in total. The number of nitrogens with zero attached hydrogens (tertiary/aromatic N) is 4. The van der Waals surface area contributed by atoms with E-state index in [0.717, 1.165) is 0 Å². The Bertz CT molecular complexity index is 1190. The molecule has 0 bridgehead atoms. The van der Waals surface area contributed by atoms with E-state index >= 15 is 0 Å². The van der Waals surface area contributed by atoms with Crippen molar-refractivity contribution in [3.05, 3.63) is 89.1 Å². The molecular formula is C21H18N6O3. The number of carbonyl (C=O) groups excluding carboxylic acids is 1. The molecule has 3 heterocycles. The van der Waals surface area contributed by atoms with Crippen molar-refractivity contribution in [1.29, 1.82) is 0 Å². The highest BCUT2D eigenvalue weighted by molar-refractivity contribution is 6.02. The third kappa shape index (κ3) is 4.58. The van der Waals surface area contributed by atoms with Crippen LogP contribution >= 0.6 is 0 Å². The van der Waals surface area contributed by atoms with Gasteiger partial charge in [-0.15, -0.1) is 0 Å². The Hall–Kier alpha value is -4.27. The zero-order chi connectivity index (χ0) is 20.8. The average molecular weight is 402 g/mol. The first-order valence-electron chi connectivity index (χ1n) is 9.23. The van der Waals surface area contributed by atoms with Gasteiger partial charge in [-0.3, -0.25) is 14.6 Å². The molecule has 150 valence electrons. The third-order valence-corrected chi connectivity index (χ3v) is 4.15. The van der Waals surface area contributed by atoms with Crippen molar-refractivity contribution in [2.24, 2.45) is 0 Å². The summed E-state index contributed by atoms with van der Waals surface area (Å²) in [4.78, 5) is 36.0. The van der Waals surface area contributed by atoms with Gasteiger partial charge in [0.1, 0.15) is 29.6 Å². The van der Waals surface area contributed by atoms with Gasteiger partial charge in [-0.1, -0.05) is 24.3 Å². The second-order valence-electron chi connectivity index (χ2n) is 6.26. The number of pyridine rings is 1. The highest BCUT2D eigenvalue weighted by atomic mass is 16.5. The van der Waals surface area contributed by atoms with Crippen molar-refractivity contribution >= 4 is 11.7 Å². The molecule has 0 aliphatic rings. The first kappa shape index (κ1) is 19.1. The molecule has 2 N–H and O–H groups in total. The number of rotatable bonds is 7. The van der Waals surface area contributed by atoms with Gasteiger partial charge in [0.2, 0.25) is 0 Å². The predicted molar refractivity (Wildman–Crippen MR) is 110 cm³/mol. The maximum atomic E-state index is 12.5. The number of hydrogen-bond donors (Lipinski definition) is 2. The summed E-state index contributed by atoms with van der Waals surface area (Å²) >= 11 is 0. The zero-order valence-corrected chi connectivity index (χ0v) is 15.9. The van der Waals surface area contributed by atoms with Crippen LogP contribution in [0, 0.1) is 0 Å². The molecule has 0 aliphatic heterocycles. The van der Waals surface area contributed by atoms with Crippen LogP contribution in [-0.2, 0) is 6.54 Å². The molecule has 0 aliphatic carbocycles. The van der Waals surface area contributed by atoms with Crippen molar-refractivity contribution in [3.8, 4) is 17.3 Å². The smallest absolute Gasteiger partial charge is 0.277 e. The van der Waals surface area contributed by atoms with Crippen LogP contribution < -0.4 is 15.6 Å². The molecule has 1 amide bonds. The SMILES string of the molecule is O=C(Nc1cnc(-c2ccccn2)[nH]1)c1ccc(=O)n(CCOc2ccccc2)n1. The largest absolute Gasteiger partial charge is 0.492 e. The molecule has 30 heavy (non-hydrogen) atoms. The quantitative estimate of drug-likeness (QED) is 0.490. The fraction of sp³-hybridized carbons (Fsp3) is 0.0952. The van der Waals surface area contributed by atoms with Gasteiger partial charge in [-0.25, -0.2) is 9.67 Å². The number of para-hydroxylation sites is 1. The summed E-state index contributed by atoms with van der Waals surface area (Å²) in [5, 5.41) is 6.81. The number of imidazole rings is 1. The maximum absolute atomic E-state index is 12.5. The van der Waals surface area contributed by atoms with Crippen LogP contribution in [-0.4, -0.2) is 37.2 Å². The Labute approximate surface area is 171 Å². The second-order valence-corrected chi connectivity index (χ2v) is 6.26. The number of H-pyrrole nitrogens is 1. The van der Waals surface area contributed by atoms with Gasteiger partial charge in [-0.05, 0) is 30.3 Å². The lowest BCUT2D eigenvalue weighted by Crippen LogP contribution is -2.28. The van der Waals surface area contributed by atoms with E-state index in [4.69, 9.17) is 4.74 Å². The molecule has 0 saturated carbocycles. The Kier molecular flexibility index (Phi) is 5.61. The monoisotopic (exact) mass is 402 g/mol. The van der Waals surface area contributed by atoms with Crippen molar-refractivity contribution < 1.29 is 9.53 Å². The topological polar surface area (TPSA) is 115 Å². The summed E-state index contributed by atoms with van der Waals surface area (Å²) in [6.45, 7) is 0.457. The summed E-state index contributed by atoms with van der Waals surface area (Å²) in [6, 6.07) is 17.4. The zero-order valence-electron chi connectivity index (χ0n) is 15.9. The van der Waals surface area contributed by atoms with Gasteiger partial charge in [-0.2, -0.15) is 5.10 Å². The standard InChI is InChI=1S/C21H18N6O3/c28-19-10-9-17(26-27(19)12-13-30-15-6-2-1-3-7-15)21(29)25-18-14-23-20(24-18)16-8-4-5-11-22-16/h1-11,14H,12-13H2,(H,23,24)(H,25,29). The van der Waals surface area contributed by atoms with E-state index in [0.29, 0.717) is 23.1 Å². The Morgan fingerprint density at radius 2 is 1.87 bits per heavy atom. The number of amides is 1. The lowest BCUT2D eigenvalue weighted by Gasteiger charge is -2.08. The molecule has 4 rings (SSSR count). The lowest BCUT2D eigenvalue weighted by atomic mass is 10.3. The molecule has 3 aromatic heterocycles. The summed E-state index contributed by atoms with van der Waals surface area (Å²) in [5.74, 6) is 1.15. The number of ether oxygens (including phenoxy) is 1. The molecule has 0 saturated heterocycles. The van der Waals surface area contributed by atoms with Gasteiger partial charge in [0.25, 0.3) is 11.5 Å². The number of hydrogen-bond acceptors (Lipinski definition) is 6. The molecule has 0 radical (unpaired) electrons. The average Bonchev–Trinajstić information content (AvgIpc) is 3.25. The van der Waals surface area contributed by atoms with Crippen molar-refractivity contribution in [2.45, 2.75) is 6.54 Å². The Balaban J connectivity index is 1.41.